The Balaban J connectivity index is 1.70. The van der Waals surface area contributed by atoms with E-state index in [4.69, 9.17) is 21.1 Å². The number of hydrogen-bond acceptors (Lipinski definition) is 3. The second-order valence-corrected chi connectivity index (χ2v) is 6.87. The molecule has 1 N–H and O–H groups in total. The van der Waals surface area contributed by atoms with Crippen molar-refractivity contribution in [2.24, 2.45) is 0 Å². The van der Waals surface area contributed by atoms with E-state index in [1.807, 2.05) is 43.3 Å². The maximum absolute atomic E-state index is 6.22. The van der Waals surface area contributed by atoms with Crippen molar-refractivity contribution in [3.05, 3.63) is 88.4 Å². The average Bonchev–Trinajstić information content (AvgIpc) is 2.73. The lowest BCUT2D eigenvalue weighted by molar-refractivity contribution is 0.269. The van der Waals surface area contributed by atoms with Gasteiger partial charge in [0.05, 0.1) is 6.61 Å². The van der Waals surface area contributed by atoms with Crippen LogP contribution in [0.2, 0.25) is 5.02 Å². The van der Waals surface area contributed by atoms with Crippen LogP contribution in [0, 0.1) is 0 Å². The number of rotatable bonds is 9. The summed E-state index contributed by atoms with van der Waals surface area (Å²) in [7, 11) is 0. The Kier molecular flexibility index (Phi) is 7.21. The molecule has 0 heterocycles. The number of aryl methyl sites for hydroxylation is 1. The summed E-state index contributed by atoms with van der Waals surface area (Å²) in [5, 5.41) is 4.23. The van der Waals surface area contributed by atoms with E-state index >= 15 is 0 Å². The van der Waals surface area contributed by atoms with Gasteiger partial charge in [-0.05, 0) is 48.7 Å². The molecule has 0 spiro atoms. The zero-order valence-electron chi connectivity index (χ0n) is 16.4. The van der Waals surface area contributed by atoms with Crippen molar-refractivity contribution in [2.45, 2.75) is 33.4 Å². The number of para-hydroxylation sites is 1. The molecular formula is C24H26ClNO2. The van der Waals surface area contributed by atoms with Crippen molar-refractivity contribution in [1.82, 2.24) is 0 Å². The van der Waals surface area contributed by atoms with Gasteiger partial charge in [-0.1, -0.05) is 61.0 Å². The number of benzene rings is 3. The highest BCUT2D eigenvalue weighted by Gasteiger charge is 2.09. The second-order valence-electron chi connectivity index (χ2n) is 6.46. The van der Waals surface area contributed by atoms with Crippen molar-refractivity contribution in [3.63, 3.8) is 0 Å². The van der Waals surface area contributed by atoms with Gasteiger partial charge in [-0.3, -0.25) is 0 Å². The predicted octanol–water partition coefficient (Wildman–Crippen LogP) is 6.49. The largest absolute Gasteiger partial charge is 0.490 e. The third-order valence-electron chi connectivity index (χ3n) is 4.53. The fourth-order valence-electron chi connectivity index (χ4n) is 3.02. The van der Waals surface area contributed by atoms with E-state index in [-0.39, 0.29) is 0 Å². The Bertz CT molecular complexity index is 911. The summed E-state index contributed by atoms with van der Waals surface area (Å²) in [5.41, 5.74) is 4.57. The molecule has 3 rings (SSSR count). The van der Waals surface area contributed by atoms with E-state index in [9.17, 15) is 0 Å². The Labute approximate surface area is 172 Å². The third-order valence-corrected chi connectivity index (χ3v) is 4.90. The van der Waals surface area contributed by atoms with Crippen LogP contribution < -0.4 is 14.8 Å². The van der Waals surface area contributed by atoms with E-state index in [0.717, 1.165) is 35.6 Å². The highest BCUT2D eigenvalue weighted by atomic mass is 35.5. The van der Waals surface area contributed by atoms with Crippen LogP contribution in [0.5, 0.6) is 11.5 Å². The summed E-state index contributed by atoms with van der Waals surface area (Å²) in [6.07, 6.45) is 1.00. The molecule has 0 aliphatic carbocycles. The molecule has 146 valence electrons. The van der Waals surface area contributed by atoms with Crippen LogP contribution in [0.3, 0.4) is 0 Å². The van der Waals surface area contributed by atoms with E-state index in [2.05, 4.69) is 42.6 Å². The smallest absolute Gasteiger partial charge is 0.161 e. The summed E-state index contributed by atoms with van der Waals surface area (Å²) in [6.45, 7) is 5.85. The van der Waals surface area contributed by atoms with Crippen molar-refractivity contribution < 1.29 is 9.47 Å². The van der Waals surface area contributed by atoms with Gasteiger partial charge in [0.25, 0.3) is 0 Å². The highest BCUT2D eigenvalue weighted by Crippen LogP contribution is 2.30. The van der Waals surface area contributed by atoms with Gasteiger partial charge in [0.2, 0.25) is 0 Å². The summed E-state index contributed by atoms with van der Waals surface area (Å²) in [5.74, 6) is 1.47. The van der Waals surface area contributed by atoms with Gasteiger partial charge in [0.1, 0.15) is 6.61 Å². The SMILES string of the molecule is CCOc1cc(CNc2ccccc2CC)ccc1OCc1ccccc1Cl. The van der Waals surface area contributed by atoms with E-state index in [0.29, 0.717) is 18.2 Å². The van der Waals surface area contributed by atoms with Gasteiger partial charge in [-0.25, -0.2) is 0 Å². The zero-order valence-corrected chi connectivity index (χ0v) is 17.1. The van der Waals surface area contributed by atoms with E-state index < -0.39 is 0 Å². The number of anilines is 1. The molecule has 4 heteroatoms. The lowest BCUT2D eigenvalue weighted by atomic mass is 10.1. The Morgan fingerprint density at radius 2 is 1.57 bits per heavy atom. The molecule has 3 aromatic rings. The zero-order chi connectivity index (χ0) is 19.8. The maximum Gasteiger partial charge on any atom is 0.161 e. The Morgan fingerprint density at radius 3 is 2.32 bits per heavy atom. The van der Waals surface area contributed by atoms with Gasteiger partial charge in [-0.2, -0.15) is 0 Å². The fraction of sp³-hybridized carbons (Fsp3) is 0.250. The molecule has 3 aromatic carbocycles. The molecule has 0 aliphatic heterocycles. The minimum atomic E-state index is 0.404. The summed E-state index contributed by atoms with van der Waals surface area (Å²) < 4.78 is 11.8. The lowest BCUT2D eigenvalue weighted by Crippen LogP contribution is -2.04. The predicted molar refractivity (Wildman–Crippen MR) is 117 cm³/mol. The van der Waals surface area contributed by atoms with Crippen molar-refractivity contribution in [3.8, 4) is 11.5 Å². The van der Waals surface area contributed by atoms with Crippen LogP contribution in [0.15, 0.2) is 66.7 Å². The molecule has 0 unspecified atom stereocenters. The normalized spacial score (nSPS) is 10.5. The lowest BCUT2D eigenvalue weighted by Gasteiger charge is -2.15. The molecule has 0 amide bonds. The first-order chi connectivity index (χ1) is 13.7. The van der Waals surface area contributed by atoms with Crippen LogP contribution in [-0.2, 0) is 19.6 Å². The second kappa shape index (κ2) is 10.0. The van der Waals surface area contributed by atoms with Gasteiger partial charge in [0.15, 0.2) is 11.5 Å². The summed E-state index contributed by atoms with van der Waals surface area (Å²) in [6, 6.07) is 22.2. The molecular weight excluding hydrogens is 370 g/mol. The molecule has 28 heavy (non-hydrogen) atoms. The van der Waals surface area contributed by atoms with Crippen molar-refractivity contribution in [1.29, 1.82) is 0 Å². The first kappa shape index (κ1) is 20.1. The quantitative estimate of drug-likeness (QED) is 0.449. The Morgan fingerprint density at radius 1 is 0.821 bits per heavy atom. The molecule has 0 saturated carbocycles. The number of halogens is 1. The van der Waals surface area contributed by atoms with Crippen LogP contribution in [0.25, 0.3) is 0 Å². The van der Waals surface area contributed by atoms with E-state index in [1.54, 1.807) is 0 Å². The van der Waals surface area contributed by atoms with Crippen LogP contribution in [0.4, 0.5) is 5.69 Å². The van der Waals surface area contributed by atoms with Gasteiger partial charge in [-0.15, -0.1) is 0 Å². The standard InChI is InChI=1S/C24H26ClNO2/c1-3-19-9-6-8-12-22(19)26-16-18-13-14-23(24(15-18)27-4-2)28-17-20-10-5-7-11-21(20)25/h5-15,26H,3-4,16-17H2,1-2H3. The van der Waals surface area contributed by atoms with Crippen LogP contribution in [0.1, 0.15) is 30.5 Å². The molecule has 0 saturated heterocycles. The molecule has 3 nitrogen and oxygen atoms in total. The average molecular weight is 396 g/mol. The molecule has 0 aliphatic rings. The monoisotopic (exact) mass is 395 g/mol. The highest BCUT2D eigenvalue weighted by molar-refractivity contribution is 6.31. The first-order valence-corrected chi connectivity index (χ1v) is 10.0. The molecule has 0 aromatic heterocycles. The minimum absolute atomic E-state index is 0.404. The van der Waals surface area contributed by atoms with Crippen molar-refractivity contribution >= 4 is 17.3 Å². The van der Waals surface area contributed by atoms with Gasteiger partial charge in [0, 0.05) is 22.8 Å². The fourth-order valence-corrected chi connectivity index (χ4v) is 3.21. The third kappa shape index (κ3) is 5.20. The van der Waals surface area contributed by atoms with Crippen molar-refractivity contribution in [2.75, 3.05) is 11.9 Å². The van der Waals surface area contributed by atoms with Gasteiger partial charge < -0.3 is 14.8 Å². The van der Waals surface area contributed by atoms with Crippen LogP contribution in [-0.4, -0.2) is 6.61 Å². The molecule has 0 fully saturated rings. The minimum Gasteiger partial charge on any atom is -0.490 e. The summed E-state index contributed by atoms with van der Waals surface area (Å²) in [4.78, 5) is 0. The van der Waals surface area contributed by atoms with Crippen LogP contribution >= 0.6 is 11.6 Å². The molecule has 0 bridgehead atoms. The van der Waals surface area contributed by atoms with Gasteiger partial charge >= 0.3 is 0 Å². The summed E-state index contributed by atoms with van der Waals surface area (Å²) >= 11 is 6.22. The van der Waals surface area contributed by atoms with E-state index in [1.165, 1.54) is 11.3 Å². The number of ether oxygens (including phenoxy) is 2. The number of hydrogen-bond donors (Lipinski definition) is 1. The molecule has 0 radical (unpaired) electrons. The first-order valence-electron chi connectivity index (χ1n) is 9.65. The molecule has 0 atom stereocenters. The Hall–Kier alpha value is -2.65. The maximum atomic E-state index is 6.22. The number of nitrogens with one attached hydrogen (secondary N) is 1. The topological polar surface area (TPSA) is 30.5 Å².